The molecule has 0 bridgehead atoms. The molecular weight excluding hydrogens is 376 g/mol. The average Bonchev–Trinajstić information content (AvgIpc) is 2.97. The molecule has 0 unspecified atom stereocenters. The number of hydrogen-bond acceptors (Lipinski definition) is 6. The number of anilines is 1. The van der Waals surface area contributed by atoms with Gasteiger partial charge in [0.1, 0.15) is 0 Å². The molecule has 0 saturated carbocycles. The smallest absolute Gasteiger partial charge is 0.248 e. The number of nitrogens with zero attached hydrogens (tertiary/aromatic N) is 2. The summed E-state index contributed by atoms with van der Waals surface area (Å²) in [5.41, 5.74) is 1.83. The summed E-state index contributed by atoms with van der Waals surface area (Å²) in [6.07, 6.45) is 0.0104. The number of hydrogen-bond donors (Lipinski definition) is 0. The Labute approximate surface area is 156 Å². The number of fused-ring (bicyclic) bond motifs is 1. The number of amides is 1. The summed E-state index contributed by atoms with van der Waals surface area (Å²) in [6, 6.07) is 7.38. The van der Waals surface area contributed by atoms with E-state index in [0.29, 0.717) is 5.17 Å². The largest absolute Gasteiger partial charge is 0.550 e. The topological polar surface area (TPSA) is 107 Å². The summed E-state index contributed by atoms with van der Waals surface area (Å²) in [6.45, 7) is 1.94. The van der Waals surface area contributed by atoms with Crippen LogP contribution in [0, 0.1) is 6.92 Å². The van der Waals surface area contributed by atoms with Crippen molar-refractivity contribution in [3.63, 3.8) is 0 Å². The van der Waals surface area contributed by atoms with E-state index in [2.05, 4.69) is 4.99 Å². The first-order valence-electron chi connectivity index (χ1n) is 8.29. The van der Waals surface area contributed by atoms with E-state index in [-0.39, 0.29) is 42.1 Å². The molecular formula is C17H19N2O5S2-. The molecule has 7 nitrogen and oxygen atoms in total. The number of amidine groups is 1. The summed E-state index contributed by atoms with van der Waals surface area (Å²) < 4.78 is 24.0. The van der Waals surface area contributed by atoms with Crippen LogP contribution in [0.2, 0.25) is 0 Å². The van der Waals surface area contributed by atoms with Crippen molar-refractivity contribution in [3.05, 3.63) is 29.8 Å². The van der Waals surface area contributed by atoms with E-state index in [1.54, 1.807) is 0 Å². The quantitative estimate of drug-likeness (QED) is 0.715. The van der Waals surface area contributed by atoms with Crippen LogP contribution in [-0.4, -0.2) is 48.3 Å². The van der Waals surface area contributed by atoms with Crippen molar-refractivity contribution in [1.82, 2.24) is 0 Å². The van der Waals surface area contributed by atoms with Gasteiger partial charge >= 0.3 is 0 Å². The zero-order valence-corrected chi connectivity index (χ0v) is 15.9. The number of benzene rings is 1. The molecule has 1 aromatic rings. The Balaban J connectivity index is 1.85. The molecule has 0 spiro atoms. The number of carboxylic acid groups (broad SMARTS) is 1. The lowest BCUT2D eigenvalue weighted by Crippen LogP contribution is -2.37. The third-order valence-electron chi connectivity index (χ3n) is 4.34. The highest BCUT2D eigenvalue weighted by Gasteiger charge is 2.49. The second kappa shape index (κ2) is 7.40. The first kappa shape index (κ1) is 18.9. The van der Waals surface area contributed by atoms with Gasteiger partial charge in [-0.2, -0.15) is 4.99 Å². The van der Waals surface area contributed by atoms with Crippen molar-refractivity contribution in [1.29, 1.82) is 0 Å². The number of rotatable bonds is 5. The number of aliphatic carboxylic acids is 1. The van der Waals surface area contributed by atoms with Crippen LogP contribution in [0.3, 0.4) is 0 Å². The van der Waals surface area contributed by atoms with Crippen LogP contribution in [0.5, 0.6) is 0 Å². The molecule has 2 heterocycles. The molecule has 2 aliphatic heterocycles. The number of aryl methyl sites for hydroxylation is 1. The van der Waals surface area contributed by atoms with Crippen LogP contribution < -0.4 is 10.0 Å². The van der Waals surface area contributed by atoms with Crippen molar-refractivity contribution in [3.8, 4) is 0 Å². The van der Waals surface area contributed by atoms with Gasteiger partial charge in [-0.05, 0) is 37.5 Å². The second-order valence-electron chi connectivity index (χ2n) is 6.52. The van der Waals surface area contributed by atoms with Gasteiger partial charge in [0.25, 0.3) is 0 Å². The lowest BCUT2D eigenvalue weighted by molar-refractivity contribution is -0.305. The van der Waals surface area contributed by atoms with Gasteiger partial charge in [0.05, 0.1) is 17.5 Å². The number of carbonyl (C=O) groups is 2. The monoisotopic (exact) mass is 395 g/mol. The first-order valence-corrected chi connectivity index (χ1v) is 11.0. The summed E-state index contributed by atoms with van der Waals surface area (Å²) in [5.74, 6) is -1.49. The lowest BCUT2D eigenvalue weighted by atomic mass is 10.1. The van der Waals surface area contributed by atoms with Crippen molar-refractivity contribution < 1.29 is 23.1 Å². The maximum Gasteiger partial charge on any atom is 0.248 e. The predicted octanol–water partition coefficient (Wildman–Crippen LogP) is 0.517. The maximum atomic E-state index is 12.1. The fourth-order valence-corrected chi connectivity index (χ4v) is 7.12. The van der Waals surface area contributed by atoms with E-state index in [0.717, 1.165) is 11.3 Å². The Morgan fingerprint density at radius 3 is 2.77 bits per heavy atom. The van der Waals surface area contributed by atoms with E-state index in [4.69, 9.17) is 0 Å². The fourth-order valence-electron chi connectivity index (χ4n) is 3.19. The molecule has 0 aromatic heterocycles. The van der Waals surface area contributed by atoms with Gasteiger partial charge in [-0.3, -0.25) is 4.79 Å². The van der Waals surface area contributed by atoms with Crippen molar-refractivity contribution in [2.45, 2.75) is 37.5 Å². The summed E-state index contributed by atoms with van der Waals surface area (Å²) >= 11 is 1.31. The molecule has 1 aromatic carbocycles. The second-order valence-corrected chi connectivity index (χ2v) is 9.88. The van der Waals surface area contributed by atoms with Crippen LogP contribution in [0.25, 0.3) is 0 Å². The predicted molar refractivity (Wildman–Crippen MR) is 98.8 cm³/mol. The molecule has 0 N–H and O–H groups in total. The van der Waals surface area contributed by atoms with E-state index in [1.807, 2.05) is 36.1 Å². The summed E-state index contributed by atoms with van der Waals surface area (Å²) in [7, 11) is -3.11. The van der Waals surface area contributed by atoms with Crippen molar-refractivity contribution in [2.75, 3.05) is 16.4 Å². The zero-order chi connectivity index (χ0) is 18.9. The zero-order valence-electron chi connectivity index (χ0n) is 14.3. The van der Waals surface area contributed by atoms with Gasteiger partial charge < -0.3 is 14.8 Å². The minimum atomic E-state index is -3.11. The van der Waals surface area contributed by atoms with Crippen LogP contribution >= 0.6 is 11.8 Å². The highest BCUT2D eigenvalue weighted by atomic mass is 32.2. The Hall–Kier alpha value is -1.87. The van der Waals surface area contributed by atoms with Gasteiger partial charge in [-0.15, -0.1) is 0 Å². The number of aliphatic imine (C=N–C) groups is 1. The molecule has 0 aliphatic carbocycles. The molecule has 2 saturated heterocycles. The van der Waals surface area contributed by atoms with Crippen molar-refractivity contribution >= 4 is 44.3 Å². The molecule has 2 fully saturated rings. The molecule has 2 aliphatic rings. The van der Waals surface area contributed by atoms with Gasteiger partial charge in [0.2, 0.25) is 5.91 Å². The average molecular weight is 395 g/mol. The third kappa shape index (κ3) is 4.27. The van der Waals surface area contributed by atoms with Crippen LogP contribution in [0.1, 0.15) is 24.8 Å². The Morgan fingerprint density at radius 1 is 1.31 bits per heavy atom. The standard InChI is InChI=1S/C17H20N2O5S2/c1-11-4-2-5-12(8-11)19-13-9-26(23,24)10-14(13)25-17(19)18-15(20)6-3-7-16(21)22/h2,4-5,8,13-14H,3,6-7,9-10H2,1H3,(H,21,22)/p-1/t13-,14+/m0/s1. The minimum absolute atomic E-state index is 0.0212. The normalized spacial score (nSPS) is 25.4. The third-order valence-corrected chi connectivity index (χ3v) is 7.55. The summed E-state index contributed by atoms with van der Waals surface area (Å²) in [4.78, 5) is 28.6. The van der Waals surface area contributed by atoms with Crippen LogP contribution in [0.4, 0.5) is 5.69 Å². The molecule has 140 valence electrons. The minimum Gasteiger partial charge on any atom is -0.550 e. The van der Waals surface area contributed by atoms with Crippen LogP contribution in [-0.2, 0) is 19.4 Å². The Kier molecular flexibility index (Phi) is 5.38. The Bertz CT molecular complexity index is 866. The van der Waals surface area contributed by atoms with Gasteiger partial charge in [-0.25, -0.2) is 8.42 Å². The van der Waals surface area contributed by atoms with Crippen LogP contribution in [0.15, 0.2) is 29.3 Å². The SMILES string of the molecule is Cc1cccc(N2C(=NC(=O)CCCC(=O)[O-])S[C@@H]3CS(=O)(=O)C[C@@H]32)c1. The number of carbonyl (C=O) groups excluding carboxylic acids is 2. The number of carboxylic acids is 1. The van der Waals surface area contributed by atoms with Crippen molar-refractivity contribution in [2.24, 2.45) is 4.99 Å². The highest BCUT2D eigenvalue weighted by molar-refractivity contribution is 8.16. The number of thioether (sulfide) groups is 1. The first-order chi connectivity index (χ1) is 12.2. The van der Waals surface area contributed by atoms with E-state index in [1.165, 1.54) is 11.8 Å². The molecule has 1 amide bonds. The van der Waals surface area contributed by atoms with E-state index < -0.39 is 21.7 Å². The summed E-state index contributed by atoms with van der Waals surface area (Å²) in [5, 5.41) is 10.8. The lowest BCUT2D eigenvalue weighted by Gasteiger charge is -2.24. The van der Waals surface area contributed by atoms with Gasteiger partial charge in [0, 0.05) is 23.3 Å². The van der Waals surface area contributed by atoms with Gasteiger partial charge in [-0.1, -0.05) is 23.9 Å². The molecule has 3 rings (SSSR count). The number of sulfone groups is 1. The Morgan fingerprint density at radius 2 is 2.08 bits per heavy atom. The van der Waals surface area contributed by atoms with Gasteiger partial charge in [0.15, 0.2) is 15.0 Å². The fraction of sp³-hybridized carbons (Fsp3) is 0.471. The van der Waals surface area contributed by atoms with E-state index >= 15 is 0 Å². The molecule has 26 heavy (non-hydrogen) atoms. The highest BCUT2D eigenvalue weighted by Crippen LogP contribution is 2.41. The molecule has 2 atom stereocenters. The molecule has 9 heteroatoms. The molecule has 0 radical (unpaired) electrons. The maximum absolute atomic E-state index is 12.1. The van der Waals surface area contributed by atoms with E-state index in [9.17, 15) is 23.1 Å².